The molecule has 0 radical (unpaired) electrons. The van der Waals surface area contributed by atoms with Gasteiger partial charge in [-0.1, -0.05) is 41.6 Å². The summed E-state index contributed by atoms with van der Waals surface area (Å²) in [5, 5.41) is 0.766. The van der Waals surface area contributed by atoms with Crippen molar-refractivity contribution in [3.05, 3.63) is 46.7 Å². The minimum Gasteiger partial charge on any atom is -0.491 e. The van der Waals surface area contributed by atoms with Gasteiger partial charge in [0.05, 0.1) is 17.8 Å². The quantitative estimate of drug-likeness (QED) is 0.590. The largest absolute Gasteiger partial charge is 0.491 e. The first-order valence-corrected chi connectivity index (χ1v) is 8.63. The molecule has 7 heteroatoms. The molecule has 0 fully saturated rings. The number of halogens is 1. The molecule has 1 aromatic carbocycles. The lowest BCUT2D eigenvalue weighted by Gasteiger charge is -2.18. The second kappa shape index (κ2) is 8.17. The molecule has 2 rings (SSSR count). The van der Waals surface area contributed by atoms with Crippen molar-refractivity contribution in [1.82, 2.24) is 14.9 Å². The van der Waals surface area contributed by atoms with Gasteiger partial charge in [0.2, 0.25) is 0 Å². The first-order valence-electron chi connectivity index (χ1n) is 7.03. The lowest BCUT2D eigenvalue weighted by Crippen LogP contribution is -2.32. The highest BCUT2D eigenvalue weighted by atomic mass is 35.5. The Morgan fingerprint density at radius 2 is 2.13 bits per heavy atom. The number of amides is 1. The highest BCUT2D eigenvalue weighted by Crippen LogP contribution is 2.18. The molecule has 0 bridgehead atoms. The van der Waals surface area contributed by atoms with Crippen LogP contribution >= 0.6 is 23.4 Å². The standard InChI is InChI=1S/C16H18ClN3O2S/c1-11-6-4-5-7-13(11)22-9-8-20(2)15(21)14-12(17)10-18-16(19-14)23-3/h4-7,10H,8-9H2,1-3H3. The van der Waals surface area contributed by atoms with Crippen molar-refractivity contribution in [3.63, 3.8) is 0 Å². The Hall–Kier alpha value is -1.79. The minimum atomic E-state index is -0.249. The molecule has 2 aromatic rings. The fourth-order valence-corrected chi connectivity index (χ4v) is 2.41. The van der Waals surface area contributed by atoms with Crippen molar-refractivity contribution in [1.29, 1.82) is 0 Å². The molecule has 1 heterocycles. The molecule has 122 valence electrons. The highest BCUT2D eigenvalue weighted by Gasteiger charge is 2.18. The van der Waals surface area contributed by atoms with Gasteiger partial charge in [0.15, 0.2) is 10.9 Å². The van der Waals surface area contributed by atoms with E-state index in [1.54, 1.807) is 7.05 Å². The predicted molar refractivity (Wildman–Crippen MR) is 92.5 cm³/mol. The molecule has 23 heavy (non-hydrogen) atoms. The van der Waals surface area contributed by atoms with E-state index in [1.165, 1.54) is 22.9 Å². The van der Waals surface area contributed by atoms with E-state index in [0.29, 0.717) is 18.3 Å². The van der Waals surface area contributed by atoms with Crippen LogP contribution in [0.2, 0.25) is 5.02 Å². The minimum absolute atomic E-state index is 0.212. The van der Waals surface area contributed by atoms with E-state index in [0.717, 1.165) is 11.3 Å². The molecule has 0 saturated heterocycles. The Kier molecular flexibility index (Phi) is 6.24. The van der Waals surface area contributed by atoms with Crippen molar-refractivity contribution >= 4 is 29.3 Å². The number of hydrogen-bond donors (Lipinski definition) is 0. The average molecular weight is 352 g/mol. The van der Waals surface area contributed by atoms with Gasteiger partial charge in [-0.15, -0.1) is 0 Å². The third-order valence-electron chi connectivity index (χ3n) is 3.23. The summed E-state index contributed by atoms with van der Waals surface area (Å²) in [5.74, 6) is 0.569. The Bertz CT molecular complexity index is 697. The lowest BCUT2D eigenvalue weighted by atomic mass is 10.2. The van der Waals surface area contributed by atoms with Crippen LogP contribution in [0.3, 0.4) is 0 Å². The maximum atomic E-state index is 12.4. The maximum absolute atomic E-state index is 12.4. The number of nitrogens with zero attached hydrogens (tertiary/aromatic N) is 3. The number of carbonyl (C=O) groups is 1. The summed E-state index contributed by atoms with van der Waals surface area (Å²) in [6.07, 6.45) is 3.29. The number of carbonyl (C=O) groups excluding carboxylic acids is 1. The lowest BCUT2D eigenvalue weighted by molar-refractivity contribution is 0.0767. The highest BCUT2D eigenvalue weighted by molar-refractivity contribution is 7.98. The van der Waals surface area contributed by atoms with Crippen LogP contribution in [0, 0.1) is 6.92 Å². The third-order valence-corrected chi connectivity index (χ3v) is 4.07. The molecule has 1 amide bonds. The Balaban J connectivity index is 1.96. The number of rotatable bonds is 6. The van der Waals surface area contributed by atoms with Crippen LogP contribution in [0.4, 0.5) is 0 Å². The Labute approximate surface area is 145 Å². The van der Waals surface area contributed by atoms with Crippen LogP contribution < -0.4 is 4.74 Å². The van der Waals surface area contributed by atoms with Gasteiger partial charge in [-0.3, -0.25) is 4.79 Å². The zero-order valence-electron chi connectivity index (χ0n) is 13.2. The van der Waals surface area contributed by atoms with Crippen LogP contribution in [-0.4, -0.2) is 47.2 Å². The summed E-state index contributed by atoms with van der Waals surface area (Å²) >= 11 is 7.39. The number of aromatic nitrogens is 2. The molecule has 0 spiro atoms. The van der Waals surface area contributed by atoms with E-state index >= 15 is 0 Å². The van der Waals surface area contributed by atoms with Gasteiger partial charge in [0, 0.05) is 7.05 Å². The normalized spacial score (nSPS) is 10.4. The summed E-state index contributed by atoms with van der Waals surface area (Å²) < 4.78 is 5.70. The topological polar surface area (TPSA) is 55.3 Å². The Morgan fingerprint density at radius 3 is 2.83 bits per heavy atom. The summed E-state index contributed by atoms with van der Waals surface area (Å²) in [4.78, 5) is 22.2. The van der Waals surface area contributed by atoms with Crippen molar-refractivity contribution in [2.45, 2.75) is 12.1 Å². The first-order chi connectivity index (χ1) is 11.0. The number of benzene rings is 1. The van der Waals surface area contributed by atoms with E-state index in [-0.39, 0.29) is 16.6 Å². The van der Waals surface area contributed by atoms with Crippen molar-refractivity contribution in [2.24, 2.45) is 0 Å². The van der Waals surface area contributed by atoms with E-state index in [4.69, 9.17) is 16.3 Å². The van der Waals surface area contributed by atoms with Gasteiger partial charge in [0.25, 0.3) is 5.91 Å². The molecule has 0 aliphatic heterocycles. The van der Waals surface area contributed by atoms with Gasteiger partial charge in [-0.05, 0) is 24.8 Å². The van der Waals surface area contributed by atoms with Gasteiger partial charge in [-0.2, -0.15) is 0 Å². The van der Waals surface area contributed by atoms with Crippen molar-refractivity contribution in [2.75, 3.05) is 26.5 Å². The Morgan fingerprint density at radius 1 is 1.39 bits per heavy atom. The second-order valence-corrected chi connectivity index (χ2v) is 6.07. The van der Waals surface area contributed by atoms with Crippen LogP contribution in [-0.2, 0) is 0 Å². The zero-order chi connectivity index (χ0) is 16.8. The van der Waals surface area contributed by atoms with E-state index in [2.05, 4.69) is 9.97 Å². The summed E-state index contributed by atoms with van der Waals surface area (Å²) in [6.45, 7) is 2.81. The fraction of sp³-hybridized carbons (Fsp3) is 0.312. The van der Waals surface area contributed by atoms with E-state index < -0.39 is 0 Å². The monoisotopic (exact) mass is 351 g/mol. The van der Waals surface area contributed by atoms with Crippen molar-refractivity contribution < 1.29 is 9.53 Å². The third kappa shape index (κ3) is 4.59. The molecule has 0 unspecified atom stereocenters. The molecule has 0 N–H and O–H groups in total. The molecule has 1 aromatic heterocycles. The predicted octanol–water partition coefficient (Wildman–Crippen LogP) is 3.31. The van der Waals surface area contributed by atoms with Crippen LogP contribution in [0.15, 0.2) is 35.6 Å². The molecular weight excluding hydrogens is 334 g/mol. The average Bonchev–Trinajstić information content (AvgIpc) is 2.56. The van der Waals surface area contributed by atoms with Gasteiger partial charge in [-0.25, -0.2) is 9.97 Å². The van der Waals surface area contributed by atoms with Crippen LogP contribution in [0.1, 0.15) is 16.1 Å². The number of thioether (sulfide) groups is 1. The SMILES string of the molecule is CSc1ncc(Cl)c(C(=O)N(C)CCOc2ccccc2C)n1. The fourth-order valence-electron chi connectivity index (χ4n) is 1.89. The van der Waals surface area contributed by atoms with Gasteiger partial charge < -0.3 is 9.64 Å². The summed E-state index contributed by atoms with van der Waals surface area (Å²) in [5.41, 5.74) is 1.27. The number of aryl methyl sites for hydroxylation is 1. The van der Waals surface area contributed by atoms with E-state index in [9.17, 15) is 4.79 Å². The molecule has 0 saturated carbocycles. The van der Waals surface area contributed by atoms with Gasteiger partial charge in [0.1, 0.15) is 12.4 Å². The van der Waals surface area contributed by atoms with Crippen molar-refractivity contribution in [3.8, 4) is 5.75 Å². The molecule has 0 atom stereocenters. The molecule has 5 nitrogen and oxygen atoms in total. The van der Waals surface area contributed by atoms with Crippen LogP contribution in [0.25, 0.3) is 0 Å². The smallest absolute Gasteiger partial charge is 0.274 e. The van der Waals surface area contributed by atoms with E-state index in [1.807, 2.05) is 37.4 Å². The second-order valence-electron chi connectivity index (χ2n) is 4.89. The number of hydrogen-bond acceptors (Lipinski definition) is 5. The number of para-hydroxylation sites is 1. The summed E-state index contributed by atoms with van der Waals surface area (Å²) in [6, 6.07) is 7.76. The molecule has 0 aliphatic rings. The summed E-state index contributed by atoms with van der Waals surface area (Å²) in [7, 11) is 1.70. The zero-order valence-corrected chi connectivity index (χ0v) is 14.8. The molecule has 0 aliphatic carbocycles. The molecular formula is C16H18ClN3O2S. The first kappa shape index (κ1) is 17.6. The number of ether oxygens (including phenoxy) is 1. The van der Waals surface area contributed by atoms with Crippen LogP contribution in [0.5, 0.6) is 5.75 Å². The number of likely N-dealkylation sites (N-methyl/N-ethyl adjacent to an activating group) is 1. The van der Waals surface area contributed by atoms with Gasteiger partial charge >= 0.3 is 0 Å². The maximum Gasteiger partial charge on any atom is 0.274 e.